The van der Waals surface area contributed by atoms with Gasteiger partial charge in [-0.3, -0.25) is 4.90 Å². The lowest BCUT2D eigenvalue weighted by Gasteiger charge is -2.45. The van der Waals surface area contributed by atoms with Gasteiger partial charge >= 0.3 is 0 Å². The predicted molar refractivity (Wildman–Crippen MR) is 83.7 cm³/mol. The van der Waals surface area contributed by atoms with E-state index in [-0.39, 0.29) is 0 Å². The van der Waals surface area contributed by atoms with Crippen molar-refractivity contribution in [3.63, 3.8) is 0 Å². The zero-order valence-electron chi connectivity index (χ0n) is 13.6. The maximum Gasteiger partial charge on any atom is 0.120 e. The highest BCUT2D eigenvalue weighted by Crippen LogP contribution is 2.28. The van der Waals surface area contributed by atoms with Crippen LogP contribution in [0, 0.1) is 11.8 Å². The minimum Gasteiger partial charge on any atom is -0.468 e. The zero-order valence-corrected chi connectivity index (χ0v) is 13.6. The van der Waals surface area contributed by atoms with Crippen LogP contribution in [-0.2, 0) is 0 Å². The van der Waals surface area contributed by atoms with Gasteiger partial charge < -0.3 is 9.73 Å². The molecule has 2 heterocycles. The zero-order chi connectivity index (χ0) is 14.7. The average molecular weight is 278 g/mol. The summed E-state index contributed by atoms with van der Waals surface area (Å²) in [5, 5.41) is 3.74. The van der Waals surface area contributed by atoms with Crippen LogP contribution in [0.1, 0.15) is 52.8 Å². The summed E-state index contributed by atoms with van der Waals surface area (Å²) in [6.45, 7) is 13.7. The van der Waals surface area contributed by atoms with Crippen LogP contribution in [0.2, 0.25) is 0 Å². The van der Waals surface area contributed by atoms with Crippen molar-refractivity contribution in [3.05, 3.63) is 24.2 Å². The summed E-state index contributed by atoms with van der Waals surface area (Å²) in [6, 6.07) is 5.63. The third-order valence-electron chi connectivity index (χ3n) is 4.45. The van der Waals surface area contributed by atoms with Gasteiger partial charge in [0.25, 0.3) is 0 Å². The van der Waals surface area contributed by atoms with E-state index in [0.29, 0.717) is 24.0 Å². The van der Waals surface area contributed by atoms with Gasteiger partial charge in [-0.15, -0.1) is 0 Å². The summed E-state index contributed by atoms with van der Waals surface area (Å²) in [5.41, 5.74) is 0. The summed E-state index contributed by atoms with van der Waals surface area (Å²) < 4.78 is 5.63. The van der Waals surface area contributed by atoms with Crippen molar-refractivity contribution >= 4 is 0 Å². The van der Waals surface area contributed by atoms with Crippen molar-refractivity contribution in [2.75, 3.05) is 13.1 Å². The highest BCUT2D eigenvalue weighted by molar-refractivity contribution is 5.06. The van der Waals surface area contributed by atoms with Crippen molar-refractivity contribution in [1.82, 2.24) is 10.2 Å². The Balaban J connectivity index is 2.10. The molecule has 3 atom stereocenters. The number of nitrogens with zero attached hydrogens (tertiary/aromatic N) is 1. The van der Waals surface area contributed by atoms with Gasteiger partial charge in [0.05, 0.1) is 12.3 Å². The second kappa shape index (κ2) is 6.77. The molecule has 1 N–H and O–H groups in total. The van der Waals surface area contributed by atoms with Gasteiger partial charge in [-0.2, -0.15) is 0 Å². The van der Waals surface area contributed by atoms with Crippen LogP contribution in [0.25, 0.3) is 0 Å². The maximum absolute atomic E-state index is 5.63. The van der Waals surface area contributed by atoms with E-state index >= 15 is 0 Å². The largest absolute Gasteiger partial charge is 0.468 e. The molecule has 20 heavy (non-hydrogen) atoms. The van der Waals surface area contributed by atoms with Gasteiger partial charge in [-0.25, -0.2) is 0 Å². The molecule has 0 aliphatic carbocycles. The Bertz CT molecular complexity index is 386. The molecule has 0 bridgehead atoms. The first kappa shape index (κ1) is 15.6. The Morgan fingerprint density at radius 2 is 2.05 bits per heavy atom. The number of nitrogens with one attached hydrogen (secondary N) is 1. The van der Waals surface area contributed by atoms with E-state index in [1.54, 1.807) is 6.26 Å². The Kier molecular flexibility index (Phi) is 5.28. The molecule has 1 aliphatic rings. The number of piperazine rings is 1. The molecule has 114 valence electrons. The molecule has 0 spiro atoms. The molecule has 2 rings (SSSR count). The monoisotopic (exact) mass is 278 g/mol. The second-order valence-corrected chi connectivity index (χ2v) is 6.93. The molecule has 3 unspecified atom stereocenters. The molecule has 3 heteroatoms. The molecule has 0 amide bonds. The normalized spacial score (nSPS) is 26.4. The first-order chi connectivity index (χ1) is 9.49. The molecular weight excluding hydrogens is 248 g/mol. The van der Waals surface area contributed by atoms with E-state index in [1.807, 2.05) is 6.07 Å². The fraction of sp³-hybridized carbons (Fsp3) is 0.765. The van der Waals surface area contributed by atoms with Crippen molar-refractivity contribution in [2.45, 2.75) is 59.2 Å². The van der Waals surface area contributed by atoms with Gasteiger partial charge in [-0.05, 0) is 37.3 Å². The number of hydrogen-bond acceptors (Lipinski definition) is 3. The Morgan fingerprint density at radius 1 is 1.30 bits per heavy atom. The van der Waals surface area contributed by atoms with Crippen LogP contribution in [0.4, 0.5) is 0 Å². The fourth-order valence-electron chi connectivity index (χ4n) is 3.34. The molecule has 3 nitrogen and oxygen atoms in total. The quantitative estimate of drug-likeness (QED) is 0.890. The Morgan fingerprint density at radius 3 is 2.60 bits per heavy atom. The smallest absolute Gasteiger partial charge is 0.120 e. The lowest BCUT2D eigenvalue weighted by molar-refractivity contribution is 0.0489. The van der Waals surface area contributed by atoms with Crippen LogP contribution in [-0.4, -0.2) is 30.1 Å². The van der Waals surface area contributed by atoms with Crippen molar-refractivity contribution in [1.29, 1.82) is 0 Å². The lowest BCUT2D eigenvalue weighted by Crippen LogP contribution is -2.58. The molecule has 0 radical (unpaired) electrons. The SMILES string of the molecule is CC(C)CC1CN(C(C)c2ccco2)C(C(C)C)CN1. The van der Waals surface area contributed by atoms with Gasteiger partial charge in [0.15, 0.2) is 0 Å². The molecule has 1 aliphatic heterocycles. The molecule has 1 saturated heterocycles. The first-order valence-corrected chi connectivity index (χ1v) is 8.01. The van der Waals surface area contributed by atoms with Crippen molar-refractivity contribution in [3.8, 4) is 0 Å². The molecule has 1 aromatic heterocycles. The van der Waals surface area contributed by atoms with Crippen LogP contribution in [0.15, 0.2) is 22.8 Å². The van der Waals surface area contributed by atoms with Gasteiger partial charge in [0.2, 0.25) is 0 Å². The summed E-state index contributed by atoms with van der Waals surface area (Å²) >= 11 is 0. The predicted octanol–water partition coefficient (Wildman–Crippen LogP) is 3.69. The minimum atomic E-state index is 0.356. The number of furan rings is 1. The topological polar surface area (TPSA) is 28.4 Å². The summed E-state index contributed by atoms with van der Waals surface area (Å²) in [4.78, 5) is 2.63. The van der Waals surface area contributed by atoms with E-state index in [0.717, 1.165) is 24.8 Å². The second-order valence-electron chi connectivity index (χ2n) is 6.93. The van der Waals surface area contributed by atoms with Gasteiger partial charge in [0.1, 0.15) is 5.76 Å². The fourth-order valence-corrected chi connectivity index (χ4v) is 3.34. The number of rotatable bonds is 5. The average Bonchev–Trinajstić information content (AvgIpc) is 2.90. The molecule has 1 aromatic rings. The van der Waals surface area contributed by atoms with Crippen LogP contribution in [0.3, 0.4) is 0 Å². The van der Waals surface area contributed by atoms with E-state index in [4.69, 9.17) is 4.42 Å². The standard InChI is InChI=1S/C17H30N2O/c1-12(2)9-15-11-19(16(10-18-15)13(3)4)14(5)17-7-6-8-20-17/h6-8,12-16,18H,9-11H2,1-5H3. The maximum atomic E-state index is 5.63. The summed E-state index contributed by atoms with van der Waals surface area (Å²) in [5.74, 6) is 2.48. The third kappa shape index (κ3) is 3.64. The molecule has 0 aromatic carbocycles. The van der Waals surface area contributed by atoms with E-state index < -0.39 is 0 Å². The highest BCUT2D eigenvalue weighted by Gasteiger charge is 2.34. The summed E-state index contributed by atoms with van der Waals surface area (Å²) in [6.07, 6.45) is 3.02. The molecule has 0 saturated carbocycles. The van der Waals surface area contributed by atoms with Crippen molar-refractivity contribution < 1.29 is 4.42 Å². The Hall–Kier alpha value is -0.800. The van der Waals surface area contributed by atoms with E-state index in [2.05, 4.69) is 50.9 Å². The first-order valence-electron chi connectivity index (χ1n) is 8.01. The van der Waals surface area contributed by atoms with Crippen molar-refractivity contribution in [2.24, 2.45) is 11.8 Å². The third-order valence-corrected chi connectivity index (χ3v) is 4.45. The lowest BCUT2D eigenvalue weighted by atomic mass is 9.93. The van der Waals surface area contributed by atoms with Crippen LogP contribution < -0.4 is 5.32 Å². The van der Waals surface area contributed by atoms with E-state index in [1.165, 1.54) is 6.42 Å². The van der Waals surface area contributed by atoms with Crippen LogP contribution in [0.5, 0.6) is 0 Å². The minimum absolute atomic E-state index is 0.356. The van der Waals surface area contributed by atoms with Gasteiger partial charge in [0, 0.05) is 25.2 Å². The van der Waals surface area contributed by atoms with Crippen LogP contribution >= 0.6 is 0 Å². The van der Waals surface area contributed by atoms with Gasteiger partial charge in [-0.1, -0.05) is 27.7 Å². The van der Waals surface area contributed by atoms with E-state index in [9.17, 15) is 0 Å². The summed E-state index contributed by atoms with van der Waals surface area (Å²) in [7, 11) is 0. The molecule has 1 fully saturated rings. The highest BCUT2D eigenvalue weighted by atomic mass is 16.3. The Labute approximate surface area is 123 Å². The molecular formula is C17H30N2O. The number of hydrogen-bond donors (Lipinski definition) is 1.